The zero-order valence-corrected chi connectivity index (χ0v) is 21.8. The molecule has 41 heavy (non-hydrogen) atoms. The molecule has 3 aromatic rings. The molecule has 0 radical (unpaired) electrons. The number of nitrogens with zero attached hydrogens (tertiary/aromatic N) is 4. The van der Waals surface area contributed by atoms with E-state index in [-0.39, 0.29) is 48.4 Å². The summed E-state index contributed by atoms with van der Waals surface area (Å²) in [6, 6.07) is 5.60. The highest BCUT2D eigenvalue weighted by molar-refractivity contribution is 5.91. The van der Waals surface area contributed by atoms with Gasteiger partial charge in [0.05, 0.1) is 18.2 Å². The first-order chi connectivity index (χ1) is 19.7. The van der Waals surface area contributed by atoms with E-state index >= 15 is 0 Å². The van der Waals surface area contributed by atoms with E-state index in [9.17, 15) is 22.4 Å². The third-order valence-electron chi connectivity index (χ3n) is 7.10. The third kappa shape index (κ3) is 6.53. The van der Waals surface area contributed by atoms with Crippen LogP contribution in [0.2, 0.25) is 0 Å². The molecule has 2 aliphatic rings. The summed E-state index contributed by atoms with van der Waals surface area (Å²) in [4.78, 5) is 25.5. The summed E-state index contributed by atoms with van der Waals surface area (Å²) in [5.41, 5.74) is 5.31. The quantitative estimate of drug-likeness (QED) is 0.222. The number of rotatable bonds is 9. The van der Waals surface area contributed by atoms with Gasteiger partial charge in [-0.25, -0.2) is 14.4 Å². The highest BCUT2D eigenvalue weighted by atomic mass is 19.4. The molecule has 2 aromatic heterocycles. The number of alkyl halides is 3. The number of aromatic nitrogens is 3. The number of halogens is 4. The predicted molar refractivity (Wildman–Crippen MR) is 144 cm³/mol. The Balaban J connectivity index is 1.17. The number of aliphatic imine (C=N–C) groups is 1. The number of benzene rings is 1. The number of carbonyl (C=O) groups excluding carboxylic acids is 1. The SMILES string of the molecule is NC=C(C=NC1CCNCC1)Nc1ncc(-c2ccc(CC(=O)Nc3cc(C4(C(F)(F)F)CC4)on3)c(F)c2)cn1. The summed E-state index contributed by atoms with van der Waals surface area (Å²) >= 11 is 0. The van der Waals surface area contributed by atoms with Crippen LogP contribution >= 0.6 is 0 Å². The molecule has 1 saturated carbocycles. The van der Waals surface area contributed by atoms with Crippen molar-refractivity contribution in [3.8, 4) is 11.1 Å². The molecule has 216 valence electrons. The normalized spacial score (nSPS) is 17.5. The summed E-state index contributed by atoms with van der Waals surface area (Å²) in [7, 11) is 0. The maximum atomic E-state index is 14.8. The van der Waals surface area contributed by atoms with E-state index in [1.54, 1.807) is 12.3 Å². The van der Waals surface area contributed by atoms with Gasteiger partial charge in [-0.05, 0) is 56.0 Å². The van der Waals surface area contributed by atoms with Gasteiger partial charge >= 0.3 is 6.18 Å². The Hall–Kier alpha value is -4.33. The second-order valence-electron chi connectivity index (χ2n) is 9.99. The van der Waals surface area contributed by atoms with E-state index in [1.165, 1.54) is 30.7 Å². The van der Waals surface area contributed by atoms with Gasteiger partial charge in [-0.1, -0.05) is 17.3 Å². The molecule has 1 saturated heterocycles. The number of nitrogens with one attached hydrogen (secondary N) is 3. The number of hydrogen-bond acceptors (Lipinski definition) is 9. The first-order valence-electron chi connectivity index (χ1n) is 13.0. The minimum Gasteiger partial charge on any atom is -0.403 e. The van der Waals surface area contributed by atoms with Crippen molar-refractivity contribution >= 4 is 23.9 Å². The van der Waals surface area contributed by atoms with Crippen LogP contribution in [0.3, 0.4) is 0 Å². The summed E-state index contributed by atoms with van der Waals surface area (Å²) in [6.07, 6.45) is 2.96. The Kier molecular flexibility index (Phi) is 8.01. The van der Waals surface area contributed by atoms with Gasteiger partial charge in [0.2, 0.25) is 11.9 Å². The van der Waals surface area contributed by atoms with Gasteiger partial charge in [0.1, 0.15) is 11.2 Å². The lowest BCUT2D eigenvalue weighted by atomic mass is 10.0. The molecule has 1 amide bonds. The van der Waals surface area contributed by atoms with E-state index in [4.69, 9.17) is 10.3 Å². The van der Waals surface area contributed by atoms with E-state index in [2.05, 4.69) is 36.1 Å². The number of amides is 1. The van der Waals surface area contributed by atoms with Crippen LogP contribution in [-0.2, 0) is 16.6 Å². The number of anilines is 2. The Morgan fingerprint density at radius 2 is 1.88 bits per heavy atom. The second kappa shape index (κ2) is 11.6. The first kappa shape index (κ1) is 28.2. The molecule has 14 heteroatoms. The number of nitrogens with two attached hydrogens (primary N) is 1. The van der Waals surface area contributed by atoms with Crippen molar-refractivity contribution in [1.29, 1.82) is 0 Å². The fourth-order valence-corrected chi connectivity index (χ4v) is 4.51. The summed E-state index contributed by atoms with van der Waals surface area (Å²) < 4.78 is 59.5. The Morgan fingerprint density at radius 1 is 1.15 bits per heavy atom. The van der Waals surface area contributed by atoms with Crippen molar-refractivity contribution in [1.82, 2.24) is 20.4 Å². The van der Waals surface area contributed by atoms with Crippen LogP contribution in [0, 0.1) is 5.82 Å². The molecular weight excluding hydrogens is 544 g/mol. The van der Waals surface area contributed by atoms with Gasteiger partial charge in [-0.2, -0.15) is 13.2 Å². The average molecular weight is 573 g/mol. The van der Waals surface area contributed by atoms with Crippen molar-refractivity contribution in [2.75, 3.05) is 23.7 Å². The van der Waals surface area contributed by atoms with Gasteiger partial charge in [0.25, 0.3) is 0 Å². The van der Waals surface area contributed by atoms with Crippen LogP contribution in [0.25, 0.3) is 11.1 Å². The molecule has 0 unspecified atom stereocenters. The van der Waals surface area contributed by atoms with Crippen molar-refractivity contribution in [2.45, 2.75) is 49.7 Å². The molecule has 1 aliphatic heterocycles. The molecule has 1 aliphatic carbocycles. The number of allylic oxidation sites excluding steroid dienone is 1. The minimum absolute atomic E-state index is 0.0916. The standard InChI is InChI=1S/C27H28F4N8O2/c28-21-9-16(18-13-35-25(36-14-18)37-20(12-32)15-34-19-3-7-33-8-4-19)1-2-17(21)10-24(40)38-23-11-22(41-39-23)26(5-6-26)27(29,30)31/h1-2,9,11-15,19,33H,3-8,10,32H2,(H,35,36,37)(H,38,39,40). The minimum atomic E-state index is -4.47. The van der Waals surface area contributed by atoms with Crippen LogP contribution in [-0.4, -0.2) is 52.6 Å². The lowest BCUT2D eigenvalue weighted by Gasteiger charge is -2.18. The summed E-state index contributed by atoms with van der Waals surface area (Å²) in [5.74, 6) is -1.51. The molecule has 2 fully saturated rings. The van der Waals surface area contributed by atoms with Gasteiger partial charge in [0, 0.05) is 36.4 Å². The van der Waals surface area contributed by atoms with Crippen LogP contribution < -0.4 is 21.7 Å². The monoisotopic (exact) mass is 572 g/mol. The number of piperidine rings is 1. The van der Waals surface area contributed by atoms with Crippen molar-refractivity contribution in [3.05, 3.63) is 65.7 Å². The third-order valence-corrected chi connectivity index (χ3v) is 7.10. The molecule has 5 N–H and O–H groups in total. The number of hydrogen-bond donors (Lipinski definition) is 4. The fraction of sp³-hybridized carbons (Fsp3) is 0.370. The van der Waals surface area contributed by atoms with Crippen molar-refractivity contribution < 1.29 is 26.9 Å². The topological polar surface area (TPSA) is 143 Å². The molecule has 0 atom stereocenters. The maximum Gasteiger partial charge on any atom is 0.401 e. The molecule has 3 heterocycles. The smallest absolute Gasteiger partial charge is 0.401 e. The first-order valence-corrected chi connectivity index (χ1v) is 13.0. The van der Waals surface area contributed by atoms with Gasteiger partial charge in [0.15, 0.2) is 11.6 Å². The van der Waals surface area contributed by atoms with E-state index in [0.717, 1.165) is 32.0 Å². The van der Waals surface area contributed by atoms with Gasteiger partial charge < -0.3 is 26.2 Å². The molecule has 1 aromatic carbocycles. The summed E-state index contributed by atoms with van der Waals surface area (Å²) in [6.45, 7) is 1.85. The van der Waals surface area contributed by atoms with E-state index in [1.807, 2.05) is 0 Å². The lowest BCUT2D eigenvalue weighted by Crippen LogP contribution is -2.30. The Morgan fingerprint density at radius 3 is 2.51 bits per heavy atom. The predicted octanol–water partition coefficient (Wildman–Crippen LogP) is 4.08. The highest BCUT2D eigenvalue weighted by Gasteiger charge is 2.66. The molecular formula is C27H28F4N8O2. The Labute approximate surface area is 232 Å². The van der Waals surface area contributed by atoms with E-state index in [0.29, 0.717) is 16.8 Å². The average Bonchev–Trinajstić information content (AvgIpc) is 3.66. The van der Waals surface area contributed by atoms with Crippen molar-refractivity contribution in [2.24, 2.45) is 10.7 Å². The van der Waals surface area contributed by atoms with Gasteiger partial charge in [-0.15, -0.1) is 0 Å². The second-order valence-corrected chi connectivity index (χ2v) is 9.99. The molecule has 0 bridgehead atoms. The largest absolute Gasteiger partial charge is 0.403 e. The fourth-order valence-electron chi connectivity index (χ4n) is 4.51. The zero-order valence-electron chi connectivity index (χ0n) is 21.8. The molecule has 10 nitrogen and oxygen atoms in total. The number of carbonyl (C=O) groups is 1. The van der Waals surface area contributed by atoms with Crippen molar-refractivity contribution in [3.63, 3.8) is 0 Å². The lowest BCUT2D eigenvalue weighted by molar-refractivity contribution is -0.165. The maximum absolute atomic E-state index is 14.8. The van der Waals surface area contributed by atoms with Crippen LogP contribution in [0.5, 0.6) is 0 Å². The Bertz CT molecular complexity index is 1440. The van der Waals surface area contributed by atoms with Crippen LogP contribution in [0.15, 0.2) is 58.1 Å². The zero-order chi connectivity index (χ0) is 29.0. The molecule has 5 rings (SSSR count). The molecule has 0 spiro atoms. The summed E-state index contributed by atoms with van der Waals surface area (Å²) in [5, 5.41) is 12.2. The van der Waals surface area contributed by atoms with E-state index < -0.39 is 23.3 Å². The van der Waals surface area contributed by atoms with Crippen LogP contribution in [0.4, 0.5) is 29.3 Å². The highest BCUT2D eigenvalue weighted by Crippen LogP contribution is 2.59. The van der Waals surface area contributed by atoms with Crippen LogP contribution in [0.1, 0.15) is 37.0 Å². The van der Waals surface area contributed by atoms with Gasteiger partial charge in [-0.3, -0.25) is 9.79 Å².